The molecule has 1 saturated heterocycles. The number of nitrogens with zero attached hydrogens (tertiary/aromatic N) is 6. The number of hydrogen-bond donors (Lipinski definition) is 1. The Hall–Kier alpha value is -3.49. The van der Waals surface area contributed by atoms with Crippen molar-refractivity contribution in [2.24, 2.45) is 0 Å². The second-order valence-corrected chi connectivity index (χ2v) is 7.27. The lowest BCUT2D eigenvalue weighted by Crippen LogP contribution is -2.39. The summed E-state index contributed by atoms with van der Waals surface area (Å²) in [5.41, 5.74) is 2.13. The Morgan fingerprint density at radius 3 is 2.97 bits per heavy atom. The van der Waals surface area contributed by atoms with E-state index in [1.54, 1.807) is 20.2 Å². The predicted molar refractivity (Wildman–Crippen MR) is 108 cm³/mol. The van der Waals surface area contributed by atoms with E-state index < -0.39 is 0 Å². The van der Waals surface area contributed by atoms with Crippen molar-refractivity contribution < 1.29 is 9.32 Å². The second kappa shape index (κ2) is 6.84. The van der Waals surface area contributed by atoms with Gasteiger partial charge in [-0.25, -0.2) is 4.98 Å². The molecule has 3 aromatic rings. The zero-order valence-electron chi connectivity index (χ0n) is 16.3. The number of amides is 1. The molecule has 1 N–H and O–H groups in total. The summed E-state index contributed by atoms with van der Waals surface area (Å²) < 4.78 is 5.10. The SMILES string of the molecule is CNc1ncc2c(n1)N1CCCC1CN(c1cccc(-c3noc(C)n3)c1)C2=O. The lowest BCUT2D eigenvalue weighted by atomic mass is 10.1. The lowest BCUT2D eigenvalue weighted by molar-refractivity contribution is 0.0988. The molecule has 4 heterocycles. The molecule has 1 fully saturated rings. The average Bonchev–Trinajstić information content (AvgIpc) is 3.37. The summed E-state index contributed by atoms with van der Waals surface area (Å²) in [4.78, 5) is 30.7. The number of fused-ring (bicyclic) bond motifs is 3. The van der Waals surface area contributed by atoms with Crippen LogP contribution in [0, 0.1) is 6.92 Å². The number of aryl methyl sites for hydroxylation is 1. The molecule has 0 aliphatic carbocycles. The predicted octanol–water partition coefficient (Wildman–Crippen LogP) is 2.51. The Labute approximate surface area is 167 Å². The topological polar surface area (TPSA) is 100 Å². The van der Waals surface area contributed by atoms with Crippen LogP contribution in [0.15, 0.2) is 35.0 Å². The first kappa shape index (κ1) is 17.6. The fourth-order valence-corrected chi connectivity index (χ4v) is 4.06. The second-order valence-electron chi connectivity index (χ2n) is 7.27. The van der Waals surface area contributed by atoms with Gasteiger partial charge in [-0.3, -0.25) is 4.79 Å². The Morgan fingerprint density at radius 2 is 2.17 bits per heavy atom. The van der Waals surface area contributed by atoms with E-state index in [9.17, 15) is 4.79 Å². The highest BCUT2D eigenvalue weighted by atomic mass is 16.5. The number of hydrogen-bond acceptors (Lipinski definition) is 8. The van der Waals surface area contributed by atoms with Crippen LogP contribution in [0.5, 0.6) is 0 Å². The van der Waals surface area contributed by atoms with E-state index >= 15 is 0 Å². The fraction of sp³-hybridized carbons (Fsp3) is 0.350. The molecule has 0 radical (unpaired) electrons. The highest BCUT2D eigenvalue weighted by molar-refractivity contribution is 6.10. The van der Waals surface area contributed by atoms with Crippen molar-refractivity contribution in [3.05, 3.63) is 41.9 Å². The highest BCUT2D eigenvalue weighted by Gasteiger charge is 2.37. The third-order valence-corrected chi connectivity index (χ3v) is 5.45. The van der Waals surface area contributed by atoms with Gasteiger partial charge in [0.25, 0.3) is 5.91 Å². The van der Waals surface area contributed by atoms with Crippen LogP contribution in [0.1, 0.15) is 29.1 Å². The van der Waals surface area contributed by atoms with Gasteiger partial charge in [0, 0.05) is 50.6 Å². The van der Waals surface area contributed by atoms with Gasteiger partial charge in [0.15, 0.2) is 0 Å². The average molecular weight is 391 g/mol. The van der Waals surface area contributed by atoms with Gasteiger partial charge >= 0.3 is 0 Å². The highest BCUT2D eigenvalue weighted by Crippen LogP contribution is 2.34. The minimum absolute atomic E-state index is 0.0986. The van der Waals surface area contributed by atoms with Crippen molar-refractivity contribution >= 4 is 23.4 Å². The summed E-state index contributed by atoms with van der Waals surface area (Å²) in [6.07, 6.45) is 3.72. The van der Waals surface area contributed by atoms with E-state index in [1.807, 2.05) is 29.2 Å². The summed E-state index contributed by atoms with van der Waals surface area (Å²) in [5, 5.41) is 6.96. The van der Waals surface area contributed by atoms with Crippen LogP contribution in [-0.4, -0.2) is 52.2 Å². The maximum absolute atomic E-state index is 13.5. The molecule has 148 valence electrons. The maximum atomic E-state index is 13.5. The molecule has 2 aromatic heterocycles. The molecule has 1 aromatic carbocycles. The van der Waals surface area contributed by atoms with Crippen LogP contribution in [0.2, 0.25) is 0 Å². The van der Waals surface area contributed by atoms with Gasteiger partial charge in [0.2, 0.25) is 17.7 Å². The van der Waals surface area contributed by atoms with Crippen molar-refractivity contribution in [3.8, 4) is 11.4 Å². The molecule has 9 nitrogen and oxygen atoms in total. The Morgan fingerprint density at radius 1 is 1.28 bits per heavy atom. The van der Waals surface area contributed by atoms with Crippen LogP contribution in [0.25, 0.3) is 11.4 Å². The number of aromatic nitrogens is 4. The number of carbonyl (C=O) groups excluding carboxylic acids is 1. The molecule has 0 spiro atoms. The van der Waals surface area contributed by atoms with Gasteiger partial charge in [0.05, 0.1) is 0 Å². The van der Waals surface area contributed by atoms with E-state index in [-0.39, 0.29) is 11.9 Å². The van der Waals surface area contributed by atoms with Crippen LogP contribution in [0.4, 0.5) is 17.5 Å². The van der Waals surface area contributed by atoms with Crippen molar-refractivity contribution in [2.45, 2.75) is 25.8 Å². The first-order valence-corrected chi connectivity index (χ1v) is 9.68. The smallest absolute Gasteiger partial charge is 0.263 e. The maximum Gasteiger partial charge on any atom is 0.263 e. The standard InChI is InChI=1S/C20H21N7O2/c1-12-23-17(25-29-12)13-5-3-6-14(9-13)27-11-15-7-4-8-26(15)18-16(19(27)28)10-22-20(21-2)24-18/h3,5-6,9-10,15H,4,7-8,11H2,1-2H3,(H,21,22,24). The Bertz CT molecular complexity index is 1080. The van der Waals surface area contributed by atoms with Crippen molar-refractivity contribution in [1.82, 2.24) is 20.1 Å². The van der Waals surface area contributed by atoms with Crippen LogP contribution >= 0.6 is 0 Å². The summed E-state index contributed by atoms with van der Waals surface area (Å²) >= 11 is 0. The molecule has 1 atom stereocenters. The van der Waals surface area contributed by atoms with E-state index in [2.05, 4.69) is 30.3 Å². The zero-order valence-corrected chi connectivity index (χ0v) is 16.3. The molecular formula is C20H21N7O2. The number of carbonyl (C=O) groups is 1. The molecule has 29 heavy (non-hydrogen) atoms. The first-order chi connectivity index (χ1) is 14.1. The zero-order chi connectivity index (χ0) is 20.0. The molecule has 1 unspecified atom stereocenters. The Kier molecular flexibility index (Phi) is 4.15. The fourth-order valence-electron chi connectivity index (χ4n) is 4.06. The molecule has 1 amide bonds. The number of anilines is 3. The molecule has 0 bridgehead atoms. The van der Waals surface area contributed by atoms with Crippen molar-refractivity contribution in [3.63, 3.8) is 0 Å². The van der Waals surface area contributed by atoms with Gasteiger partial charge in [-0.1, -0.05) is 17.3 Å². The van der Waals surface area contributed by atoms with Crippen LogP contribution < -0.4 is 15.1 Å². The lowest BCUT2D eigenvalue weighted by Gasteiger charge is -2.27. The Balaban J connectivity index is 1.58. The number of benzene rings is 1. The summed E-state index contributed by atoms with van der Waals surface area (Å²) in [6.45, 7) is 3.24. The first-order valence-electron chi connectivity index (χ1n) is 9.68. The van der Waals surface area contributed by atoms with Gasteiger partial charge in [-0.15, -0.1) is 0 Å². The number of nitrogens with one attached hydrogen (secondary N) is 1. The molecule has 9 heteroatoms. The summed E-state index contributed by atoms with van der Waals surface area (Å²) in [6, 6.07) is 7.89. The third kappa shape index (κ3) is 2.98. The van der Waals surface area contributed by atoms with E-state index in [0.717, 1.165) is 30.6 Å². The minimum atomic E-state index is -0.0986. The monoisotopic (exact) mass is 391 g/mol. The van der Waals surface area contributed by atoms with E-state index in [4.69, 9.17) is 4.52 Å². The largest absolute Gasteiger partial charge is 0.357 e. The molecule has 5 rings (SSSR count). The quantitative estimate of drug-likeness (QED) is 0.727. The van der Waals surface area contributed by atoms with Gasteiger partial charge in [-0.05, 0) is 25.0 Å². The third-order valence-electron chi connectivity index (χ3n) is 5.45. The van der Waals surface area contributed by atoms with Crippen molar-refractivity contribution in [2.75, 3.05) is 35.3 Å². The summed E-state index contributed by atoms with van der Waals surface area (Å²) in [7, 11) is 1.78. The van der Waals surface area contributed by atoms with Crippen LogP contribution in [0.3, 0.4) is 0 Å². The van der Waals surface area contributed by atoms with E-state index in [1.165, 1.54) is 0 Å². The molecule has 0 saturated carbocycles. The van der Waals surface area contributed by atoms with Crippen molar-refractivity contribution in [1.29, 1.82) is 0 Å². The van der Waals surface area contributed by atoms with E-state index in [0.29, 0.717) is 35.6 Å². The normalized spacial score (nSPS) is 18.4. The summed E-state index contributed by atoms with van der Waals surface area (Å²) in [5.74, 6) is 2.15. The van der Waals surface area contributed by atoms with Gasteiger partial charge < -0.3 is 19.6 Å². The minimum Gasteiger partial charge on any atom is -0.357 e. The number of rotatable bonds is 3. The molecule has 2 aliphatic rings. The molecule has 2 aliphatic heterocycles. The van der Waals surface area contributed by atoms with Gasteiger partial charge in [-0.2, -0.15) is 9.97 Å². The molecular weight excluding hydrogens is 370 g/mol. The van der Waals surface area contributed by atoms with Gasteiger partial charge in [0.1, 0.15) is 11.4 Å². The van der Waals surface area contributed by atoms with Crippen LogP contribution in [-0.2, 0) is 0 Å².